The van der Waals surface area contributed by atoms with Crippen molar-refractivity contribution in [3.8, 4) is 0 Å². The number of nitrogens with zero attached hydrogens (tertiary/aromatic N) is 3. The monoisotopic (exact) mass is 367 g/mol. The summed E-state index contributed by atoms with van der Waals surface area (Å²) in [6, 6.07) is 4.83. The number of rotatable bonds is 5. The normalized spacial score (nSPS) is 19.6. The summed E-state index contributed by atoms with van der Waals surface area (Å²) in [6.07, 6.45) is 2.09. The first kappa shape index (κ1) is 17.7. The van der Waals surface area contributed by atoms with Gasteiger partial charge in [-0.1, -0.05) is 0 Å². The van der Waals surface area contributed by atoms with Gasteiger partial charge in [-0.15, -0.1) is 0 Å². The van der Waals surface area contributed by atoms with Gasteiger partial charge in [0, 0.05) is 38.4 Å². The van der Waals surface area contributed by atoms with Crippen molar-refractivity contribution in [3.05, 3.63) is 56.8 Å². The van der Waals surface area contributed by atoms with Crippen LogP contribution in [0.5, 0.6) is 0 Å². The number of hydrogen-bond donors (Lipinski definition) is 0. The molecule has 1 unspecified atom stereocenters. The molecule has 1 aliphatic heterocycles. The van der Waals surface area contributed by atoms with Crippen LogP contribution < -0.4 is 11.2 Å². The second kappa shape index (κ2) is 6.64. The third-order valence-corrected chi connectivity index (χ3v) is 6.40. The van der Waals surface area contributed by atoms with Crippen molar-refractivity contribution in [2.45, 2.75) is 25.6 Å². The van der Waals surface area contributed by atoms with Gasteiger partial charge in [0.1, 0.15) is 5.76 Å². The lowest BCUT2D eigenvalue weighted by Gasteiger charge is -2.27. The molecule has 3 rings (SSSR count). The molecule has 1 atom stereocenters. The molecule has 136 valence electrons. The largest absolute Gasteiger partial charge is 0.468 e. The van der Waals surface area contributed by atoms with Gasteiger partial charge in [0.2, 0.25) is 0 Å². The van der Waals surface area contributed by atoms with Crippen LogP contribution >= 0.6 is 0 Å². The topological polar surface area (TPSA) is 94.5 Å². The highest BCUT2D eigenvalue weighted by Crippen LogP contribution is 2.22. The maximum absolute atomic E-state index is 12.1. The molecule has 9 heteroatoms. The number of furan rings is 1. The summed E-state index contributed by atoms with van der Waals surface area (Å²) in [5.74, 6) is 0.937. The van der Waals surface area contributed by atoms with E-state index in [1.165, 1.54) is 17.7 Å². The van der Waals surface area contributed by atoms with Gasteiger partial charge in [-0.3, -0.25) is 18.8 Å². The zero-order valence-electron chi connectivity index (χ0n) is 14.2. The zero-order chi connectivity index (χ0) is 18.2. The Balaban J connectivity index is 1.93. The van der Waals surface area contributed by atoms with E-state index < -0.39 is 15.5 Å². The lowest BCUT2D eigenvalue weighted by Crippen LogP contribution is -2.41. The van der Waals surface area contributed by atoms with E-state index in [4.69, 9.17) is 4.42 Å². The summed E-state index contributed by atoms with van der Waals surface area (Å²) in [5, 5.41) is 0. The molecule has 0 aliphatic carbocycles. The van der Waals surface area contributed by atoms with Crippen molar-refractivity contribution < 1.29 is 12.8 Å². The van der Waals surface area contributed by atoms with E-state index in [1.807, 2.05) is 11.0 Å². The van der Waals surface area contributed by atoms with Crippen molar-refractivity contribution in [1.82, 2.24) is 14.0 Å². The highest BCUT2D eigenvalue weighted by atomic mass is 32.2. The van der Waals surface area contributed by atoms with Crippen LogP contribution in [0.15, 0.2) is 38.5 Å². The maximum Gasteiger partial charge on any atom is 0.330 e. The third kappa shape index (κ3) is 3.77. The molecule has 2 aromatic heterocycles. The summed E-state index contributed by atoms with van der Waals surface area (Å²) in [6.45, 7) is 0.708. The maximum atomic E-state index is 12.1. The summed E-state index contributed by atoms with van der Waals surface area (Å²) in [5.41, 5.74) is -0.237. The van der Waals surface area contributed by atoms with Crippen molar-refractivity contribution in [2.24, 2.45) is 14.1 Å². The Morgan fingerprint density at radius 3 is 2.60 bits per heavy atom. The summed E-state index contributed by atoms with van der Waals surface area (Å²) in [4.78, 5) is 26.0. The fourth-order valence-electron chi connectivity index (χ4n) is 3.12. The Bertz CT molecular complexity index is 972. The molecule has 1 fully saturated rings. The van der Waals surface area contributed by atoms with Gasteiger partial charge >= 0.3 is 5.69 Å². The SMILES string of the molecule is Cn1c(CN(Cc2ccco2)C2CCS(=O)(=O)C2)cc(=O)n(C)c1=O. The second-order valence-corrected chi connectivity index (χ2v) is 8.64. The van der Waals surface area contributed by atoms with E-state index in [-0.39, 0.29) is 23.1 Å². The Morgan fingerprint density at radius 1 is 1.24 bits per heavy atom. The van der Waals surface area contributed by atoms with Crippen molar-refractivity contribution in [1.29, 1.82) is 0 Å². The lowest BCUT2D eigenvalue weighted by atomic mass is 10.2. The average molecular weight is 367 g/mol. The van der Waals surface area contributed by atoms with Crippen molar-refractivity contribution in [3.63, 3.8) is 0 Å². The highest BCUT2D eigenvalue weighted by Gasteiger charge is 2.33. The van der Waals surface area contributed by atoms with E-state index in [0.717, 1.165) is 4.57 Å². The summed E-state index contributed by atoms with van der Waals surface area (Å²) >= 11 is 0. The number of aromatic nitrogens is 2. The van der Waals surface area contributed by atoms with Gasteiger partial charge < -0.3 is 4.42 Å². The van der Waals surface area contributed by atoms with Crippen LogP contribution in [0.4, 0.5) is 0 Å². The fraction of sp³-hybridized carbons (Fsp3) is 0.500. The van der Waals surface area contributed by atoms with Gasteiger partial charge in [0.05, 0.1) is 24.3 Å². The molecule has 1 aliphatic rings. The summed E-state index contributed by atoms with van der Waals surface area (Å²) in [7, 11) is -0.0176. The molecule has 0 N–H and O–H groups in total. The van der Waals surface area contributed by atoms with Crippen molar-refractivity contribution >= 4 is 9.84 Å². The minimum Gasteiger partial charge on any atom is -0.468 e. The van der Waals surface area contributed by atoms with E-state index in [2.05, 4.69) is 0 Å². The van der Waals surface area contributed by atoms with Gasteiger partial charge in [-0.25, -0.2) is 13.2 Å². The molecular formula is C16H21N3O5S. The molecule has 2 aromatic rings. The quantitative estimate of drug-likeness (QED) is 0.730. The van der Waals surface area contributed by atoms with E-state index >= 15 is 0 Å². The van der Waals surface area contributed by atoms with Crippen LogP contribution in [0.3, 0.4) is 0 Å². The first-order valence-electron chi connectivity index (χ1n) is 7.99. The molecule has 0 aromatic carbocycles. The van der Waals surface area contributed by atoms with Crippen LogP contribution in [0.25, 0.3) is 0 Å². The molecule has 3 heterocycles. The molecule has 0 spiro atoms. The third-order valence-electron chi connectivity index (χ3n) is 4.65. The lowest BCUT2D eigenvalue weighted by molar-refractivity contribution is 0.174. The average Bonchev–Trinajstić information content (AvgIpc) is 3.19. The van der Waals surface area contributed by atoms with Gasteiger partial charge in [-0.05, 0) is 18.6 Å². The first-order chi connectivity index (χ1) is 11.8. The number of hydrogen-bond acceptors (Lipinski definition) is 6. The molecule has 0 amide bonds. The summed E-state index contributed by atoms with van der Waals surface area (Å²) < 4.78 is 31.6. The predicted molar refractivity (Wildman–Crippen MR) is 91.9 cm³/mol. The van der Waals surface area contributed by atoms with E-state index in [1.54, 1.807) is 19.4 Å². The molecule has 0 bridgehead atoms. The van der Waals surface area contributed by atoms with Crippen LogP contribution in [0.1, 0.15) is 17.9 Å². The first-order valence-corrected chi connectivity index (χ1v) is 9.82. The predicted octanol–water partition coefficient (Wildman–Crippen LogP) is -0.134. The van der Waals surface area contributed by atoms with E-state index in [9.17, 15) is 18.0 Å². The van der Waals surface area contributed by atoms with Gasteiger partial charge in [0.15, 0.2) is 9.84 Å². The van der Waals surface area contributed by atoms with Gasteiger partial charge in [-0.2, -0.15) is 0 Å². The van der Waals surface area contributed by atoms with Crippen LogP contribution in [-0.4, -0.2) is 40.0 Å². The Morgan fingerprint density at radius 2 is 2.00 bits per heavy atom. The molecule has 0 radical (unpaired) electrons. The zero-order valence-corrected chi connectivity index (χ0v) is 15.0. The fourth-order valence-corrected chi connectivity index (χ4v) is 4.88. The molecule has 25 heavy (non-hydrogen) atoms. The minimum absolute atomic E-state index is 0.0759. The van der Waals surface area contributed by atoms with Gasteiger partial charge in [0.25, 0.3) is 5.56 Å². The standard InChI is InChI=1S/C16H21N3O5S/c1-17-13(8-15(20)18(2)16(17)21)9-19(10-14-4-3-6-24-14)12-5-7-25(22,23)11-12/h3-4,6,8,12H,5,7,9-11H2,1-2H3. The molecule has 8 nitrogen and oxygen atoms in total. The van der Waals surface area contributed by atoms with Crippen LogP contribution in [0, 0.1) is 0 Å². The number of sulfone groups is 1. The minimum atomic E-state index is -3.05. The van der Waals surface area contributed by atoms with E-state index in [0.29, 0.717) is 31.0 Å². The van der Waals surface area contributed by atoms with Crippen molar-refractivity contribution in [2.75, 3.05) is 11.5 Å². The smallest absolute Gasteiger partial charge is 0.330 e. The Hall–Kier alpha value is -2.13. The second-order valence-electron chi connectivity index (χ2n) is 6.42. The molecule has 1 saturated heterocycles. The highest BCUT2D eigenvalue weighted by molar-refractivity contribution is 7.91. The molecule has 0 saturated carbocycles. The van der Waals surface area contributed by atoms with Crippen LogP contribution in [-0.2, 0) is 37.0 Å². The Labute approximate surface area is 145 Å². The Kier molecular flexibility index (Phi) is 4.70. The van der Waals surface area contributed by atoms with Crippen LogP contribution in [0.2, 0.25) is 0 Å². The molecular weight excluding hydrogens is 346 g/mol.